The van der Waals surface area contributed by atoms with Gasteiger partial charge in [-0.15, -0.1) is 0 Å². The first-order valence-corrected chi connectivity index (χ1v) is 8.57. The Bertz CT molecular complexity index is 861. The highest BCUT2D eigenvalue weighted by Crippen LogP contribution is 2.32. The van der Waals surface area contributed by atoms with Crippen LogP contribution in [0.15, 0.2) is 39.9 Å². The molecule has 27 heavy (non-hydrogen) atoms. The van der Waals surface area contributed by atoms with Crippen molar-refractivity contribution in [1.29, 1.82) is 0 Å². The lowest BCUT2D eigenvalue weighted by atomic mass is 10.1. The van der Waals surface area contributed by atoms with Gasteiger partial charge >= 0.3 is 0 Å². The zero-order valence-corrected chi connectivity index (χ0v) is 15.0. The normalized spacial score (nSPS) is 15.1. The van der Waals surface area contributed by atoms with Crippen molar-refractivity contribution in [1.82, 2.24) is 10.3 Å². The number of carbonyl (C=O) groups is 1. The Hall–Kier alpha value is -2.75. The zero-order chi connectivity index (χ0) is 19.2. The van der Waals surface area contributed by atoms with Gasteiger partial charge in [0.15, 0.2) is 0 Å². The van der Waals surface area contributed by atoms with Gasteiger partial charge in [-0.25, -0.2) is 5.43 Å². The van der Waals surface area contributed by atoms with E-state index in [1.807, 2.05) is 4.90 Å². The van der Waals surface area contributed by atoms with Crippen molar-refractivity contribution in [3.8, 4) is 11.3 Å². The van der Waals surface area contributed by atoms with Gasteiger partial charge in [-0.3, -0.25) is 19.8 Å². The fourth-order valence-electron chi connectivity index (χ4n) is 2.55. The molecule has 0 spiro atoms. The Morgan fingerprint density at radius 3 is 2.85 bits per heavy atom. The van der Waals surface area contributed by atoms with Gasteiger partial charge in [-0.2, -0.15) is 5.10 Å². The Labute approximate surface area is 159 Å². The summed E-state index contributed by atoms with van der Waals surface area (Å²) < 4.78 is 10.8. The number of amides is 1. The molecule has 0 bridgehead atoms. The minimum atomic E-state index is -0.505. The molecule has 1 fully saturated rings. The quantitative estimate of drug-likeness (QED) is 0.458. The van der Waals surface area contributed by atoms with Crippen LogP contribution in [-0.2, 0) is 9.53 Å². The SMILES string of the molecule is O=C(CN1CCOCC1)N/N=C/c1ccc(-c2cc([N+](=O)[O-])ccc2Cl)o1. The van der Waals surface area contributed by atoms with Crippen LogP contribution in [0.1, 0.15) is 5.76 Å². The molecule has 1 aromatic carbocycles. The molecule has 1 N–H and O–H groups in total. The highest BCUT2D eigenvalue weighted by molar-refractivity contribution is 6.33. The predicted octanol–water partition coefficient (Wildman–Crippen LogP) is 2.29. The third-order valence-corrected chi connectivity index (χ3v) is 4.23. The van der Waals surface area contributed by atoms with Crippen LogP contribution >= 0.6 is 11.6 Å². The number of nitrogens with zero attached hydrogens (tertiary/aromatic N) is 3. The summed E-state index contributed by atoms with van der Waals surface area (Å²) in [7, 11) is 0. The minimum Gasteiger partial charge on any atom is -0.455 e. The molecule has 1 aromatic heterocycles. The average Bonchev–Trinajstić information content (AvgIpc) is 3.11. The number of rotatable bonds is 6. The van der Waals surface area contributed by atoms with Crippen molar-refractivity contribution in [3.63, 3.8) is 0 Å². The summed E-state index contributed by atoms with van der Waals surface area (Å²) in [5.74, 6) is 0.505. The summed E-state index contributed by atoms with van der Waals surface area (Å²) in [4.78, 5) is 24.2. The number of ether oxygens (including phenoxy) is 1. The van der Waals surface area contributed by atoms with Crippen LogP contribution in [0.3, 0.4) is 0 Å². The van der Waals surface area contributed by atoms with E-state index in [0.717, 1.165) is 0 Å². The number of non-ortho nitro benzene ring substituents is 1. The predicted molar refractivity (Wildman–Crippen MR) is 98.8 cm³/mol. The maximum atomic E-state index is 11.9. The van der Waals surface area contributed by atoms with Crippen LogP contribution in [0.2, 0.25) is 5.02 Å². The third-order valence-electron chi connectivity index (χ3n) is 3.90. The molecular formula is C17H17ClN4O5. The molecule has 0 unspecified atom stereocenters. The highest BCUT2D eigenvalue weighted by Gasteiger charge is 2.15. The van der Waals surface area contributed by atoms with E-state index < -0.39 is 4.92 Å². The minimum absolute atomic E-state index is 0.0867. The van der Waals surface area contributed by atoms with E-state index in [4.69, 9.17) is 20.8 Å². The summed E-state index contributed by atoms with van der Waals surface area (Å²) >= 11 is 6.10. The Morgan fingerprint density at radius 2 is 2.11 bits per heavy atom. The molecule has 2 heterocycles. The van der Waals surface area contributed by atoms with Crippen LogP contribution in [0, 0.1) is 10.1 Å². The topological polar surface area (TPSA) is 110 Å². The van der Waals surface area contributed by atoms with Crippen LogP contribution in [-0.4, -0.2) is 54.8 Å². The lowest BCUT2D eigenvalue weighted by Gasteiger charge is -2.25. The first-order valence-electron chi connectivity index (χ1n) is 8.19. The molecule has 142 valence electrons. The number of nitro benzene ring substituents is 1. The number of benzene rings is 1. The average molecular weight is 393 g/mol. The fraction of sp³-hybridized carbons (Fsp3) is 0.294. The number of hydrogen-bond acceptors (Lipinski definition) is 7. The number of nitro groups is 1. The number of hydrogen-bond donors (Lipinski definition) is 1. The molecule has 1 aliphatic heterocycles. The second-order valence-electron chi connectivity index (χ2n) is 5.80. The molecule has 0 radical (unpaired) electrons. The summed E-state index contributed by atoms with van der Waals surface area (Å²) in [6, 6.07) is 7.36. The van der Waals surface area contributed by atoms with Crippen molar-refractivity contribution >= 4 is 29.4 Å². The number of halogens is 1. The second kappa shape index (κ2) is 8.76. The van der Waals surface area contributed by atoms with E-state index in [-0.39, 0.29) is 18.1 Å². The summed E-state index contributed by atoms with van der Waals surface area (Å²) in [5.41, 5.74) is 2.75. The van der Waals surface area contributed by atoms with Gasteiger partial charge in [0.05, 0.1) is 35.9 Å². The molecule has 1 aliphatic rings. The maximum absolute atomic E-state index is 11.9. The van der Waals surface area contributed by atoms with Crippen LogP contribution in [0.4, 0.5) is 5.69 Å². The molecule has 0 atom stereocenters. The van der Waals surface area contributed by atoms with Crippen molar-refractivity contribution in [2.75, 3.05) is 32.8 Å². The number of nitrogens with one attached hydrogen (secondary N) is 1. The van der Waals surface area contributed by atoms with Gasteiger partial charge in [0.1, 0.15) is 11.5 Å². The van der Waals surface area contributed by atoms with E-state index in [9.17, 15) is 14.9 Å². The summed E-state index contributed by atoms with van der Waals surface area (Å²) in [5, 5.41) is 15.1. The smallest absolute Gasteiger partial charge is 0.270 e. The number of carbonyl (C=O) groups excluding carboxylic acids is 1. The highest BCUT2D eigenvalue weighted by atomic mass is 35.5. The Kier molecular flexibility index (Phi) is 6.17. The van der Waals surface area contributed by atoms with Crippen molar-refractivity contribution in [2.45, 2.75) is 0 Å². The Balaban J connectivity index is 1.60. The standard InChI is InChI=1S/C17H17ClN4O5/c18-15-3-1-12(22(24)25)9-14(15)16-4-2-13(27-16)10-19-20-17(23)11-21-5-7-26-8-6-21/h1-4,9-10H,5-8,11H2,(H,20,23)/b19-10+. The lowest BCUT2D eigenvalue weighted by molar-refractivity contribution is -0.384. The number of furan rings is 1. The van der Waals surface area contributed by atoms with Gasteiger partial charge in [-0.1, -0.05) is 11.6 Å². The number of morpholine rings is 1. The maximum Gasteiger partial charge on any atom is 0.270 e. The molecule has 3 rings (SSSR count). The van der Waals surface area contributed by atoms with E-state index >= 15 is 0 Å². The Morgan fingerprint density at radius 1 is 1.33 bits per heavy atom. The van der Waals surface area contributed by atoms with E-state index in [2.05, 4.69) is 10.5 Å². The van der Waals surface area contributed by atoms with Gasteiger partial charge in [0, 0.05) is 30.8 Å². The monoisotopic (exact) mass is 392 g/mol. The van der Waals surface area contributed by atoms with Crippen LogP contribution in [0.25, 0.3) is 11.3 Å². The van der Waals surface area contributed by atoms with Crippen molar-refractivity contribution in [2.24, 2.45) is 5.10 Å². The molecule has 10 heteroatoms. The third kappa shape index (κ3) is 5.13. The van der Waals surface area contributed by atoms with E-state index in [0.29, 0.717) is 48.4 Å². The first-order chi connectivity index (χ1) is 13.0. The van der Waals surface area contributed by atoms with Gasteiger partial charge in [-0.05, 0) is 18.2 Å². The van der Waals surface area contributed by atoms with E-state index in [1.165, 1.54) is 24.4 Å². The fourth-order valence-corrected chi connectivity index (χ4v) is 2.76. The number of hydrazone groups is 1. The summed E-state index contributed by atoms with van der Waals surface area (Å²) in [6.07, 6.45) is 1.35. The van der Waals surface area contributed by atoms with E-state index in [1.54, 1.807) is 12.1 Å². The molecule has 1 amide bonds. The van der Waals surface area contributed by atoms with Crippen LogP contribution in [0.5, 0.6) is 0 Å². The molecule has 0 saturated carbocycles. The lowest BCUT2D eigenvalue weighted by Crippen LogP contribution is -2.42. The van der Waals surface area contributed by atoms with Gasteiger partial charge in [0.25, 0.3) is 11.6 Å². The molecular weight excluding hydrogens is 376 g/mol. The largest absolute Gasteiger partial charge is 0.455 e. The second-order valence-corrected chi connectivity index (χ2v) is 6.21. The first kappa shape index (κ1) is 19.0. The molecule has 2 aromatic rings. The van der Waals surface area contributed by atoms with Crippen molar-refractivity contribution < 1.29 is 18.9 Å². The van der Waals surface area contributed by atoms with Crippen LogP contribution < -0.4 is 5.43 Å². The zero-order valence-electron chi connectivity index (χ0n) is 14.3. The van der Waals surface area contributed by atoms with Gasteiger partial charge in [0.2, 0.25) is 0 Å². The van der Waals surface area contributed by atoms with Gasteiger partial charge < -0.3 is 9.15 Å². The summed E-state index contributed by atoms with van der Waals surface area (Å²) in [6.45, 7) is 2.90. The van der Waals surface area contributed by atoms with Crippen molar-refractivity contribution in [3.05, 3.63) is 51.2 Å². The molecule has 1 saturated heterocycles. The molecule has 9 nitrogen and oxygen atoms in total. The molecule has 0 aliphatic carbocycles.